The van der Waals surface area contributed by atoms with Gasteiger partial charge >= 0.3 is 0 Å². The summed E-state index contributed by atoms with van der Waals surface area (Å²) in [5, 5.41) is 3.26. The van der Waals surface area contributed by atoms with Crippen molar-refractivity contribution in [1.29, 1.82) is 0 Å². The van der Waals surface area contributed by atoms with Gasteiger partial charge in [0, 0.05) is 12.2 Å². The predicted octanol–water partition coefficient (Wildman–Crippen LogP) is 4.28. The Morgan fingerprint density at radius 1 is 0.943 bits per heavy atom. The summed E-state index contributed by atoms with van der Waals surface area (Å²) < 4.78 is 10.5. The van der Waals surface area contributed by atoms with E-state index in [1.807, 2.05) is 59.5 Å². The number of benzene rings is 3. The third-order valence-electron chi connectivity index (χ3n) is 5.86. The molecule has 0 saturated carbocycles. The van der Waals surface area contributed by atoms with Gasteiger partial charge in [-0.05, 0) is 72.7 Å². The molecule has 0 spiro atoms. The molecule has 0 radical (unpaired) electrons. The number of ether oxygens (including phenoxy) is 2. The van der Waals surface area contributed by atoms with Crippen molar-refractivity contribution < 1.29 is 19.1 Å². The summed E-state index contributed by atoms with van der Waals surface area (Å²) in [5.41, 5.74) is 2.37. The first-order valence-corrected chi connectivity index (χ1v) is 11.7. The predicted molar refractivity (Wildman–Crippen MR) is 140 cm³/mol. The molecular weight excluding hydrogens is 462 g/mol. The Balaban J connectivity index is 1.53. The summed E-state index contributed by atoms with van der Waals surface area (Å²) in [7, 11) is 3.21. The quantitative estimate of drug-likeness (QED) is 0.453. The van der Waals surface area contributed by atoms with Crippen molar-refractivity contribution in [3.05, 3.63) is 84.4 Å². The van der Waals surface area contributed by atoms with Crippen LogP contribution >= 0.6 is 12.2 Å². The SMILES string of the molecule is COc1ccc(NC(=O)CC2C(=O)N(c3ccccc3)C(=S)N2CCc2cccc(OC)c2)cc1. The molecule has 35 heavy (non-hydrogen) atoms. The van der Waals surface area contributed by atoms with Gasteiger partial charge < -0.3 is 19.7 Å². The van der Waals surface area contributed by atoms with Crippen molar-refractivity contribution in [2.24, 2.45) is 0 Å². The molecule has 8 heteroatoms. The van der Waals surface area contributed by atoms with Crippen molar-refractivity contribution in [2.45, 2.75) is 18.9 Å². The molecule has 3 aromatic carbocycles. The lowest BCUT2D eigenvalue weighted by Gasteiger charge is -2.24. The summed E-state index contributed by atoms with van der Waals surface area (Å²) in [5.74, 6) is 0.986. The first-order chi connectivity index (χ1) is 17.0. The Morgan fingerprint density at radius 3 is 2.34 bits per heavy atom. The minimum Gasteiger partial charge on any atom is -0.497 e. The van der Waals surface area contributed by atoms with Crippen LogP contribution in [0.4, 0.5) is 11.4 Å². The molecule has 1 saturated heterocycles. The van der Waals surface area contributed by atoms with Crippen LogP contribution in [0.15, 0.2) is 78.9 Å². The summed E-state index contributed by atoms with van der Waals surface area (Å²) in [6.07, 6.45) is 0.621. The summed E-state index contributed by atoms with van der Waals surface area (Å²) in [4.78, 5) is 29.8. The normalized spacial score (nSPS) is 15.3. The Morgan fingerprint density at radius 2 is 1.66 bits per heavy atom. The van der Waals surface area contributed by atoms with Crippen LogP contribution in [0, 0.1) is 0 Å². The molecule has 0 aliphatic carbocycles. The molecule has 4 rings (SSSR count). The standard InChI is InChI=1S/C27H27N3O4S/c1-33-22-13-11-20(12-14-22)28-25(31)18-24-26(32)30(21-8-4-3-5-9-21)27(35)29(24)16-15-19-7-6-10-23(17-19)34-2/h3-14,17,24H,15-16,18H2,1-2H3,(H,28,31). The van der Waals surface area contributed by atoms with Gasteiger partial charge in [0.2, 0.25) is 5.91 Å². The van der Waals surface area contributed by atoms with Crippen molar-refractivity contribution in [3.8, 4) is 11.5 Å². The zero-order valence-corrected chi connectivity index (χ0v) is 20.5. The average Bonchev–Trinajstić information content (AvgIpc) is 3.12. The minimum absolute atomic E-state index is 0.0214. The van der Waals surface area contributed by atoms with Crippen LogP contribution in [0.3, 0.4) is 0 Å². The van der Waals surface area contributed by atoms with Crippen LogP contribution in [-0.4, -0.2) is 48.6 Å². The minimum atomic E-state index is -0.702. The first-order valence-electron chi connectivity index (χ1n) is 11.3. The smallest absolute Gasteiger partial charge is 0.256 e. The maximum absolute atomic E-state index is 13.5. The summed E-state index contributed by atoms with van der Waals surface area (Å²) in [6, 6.07) is 23.4. The fourth-order valence-corrected chi connectivity index (χ4v) is 4.46. The Bertz CT molecular complexity index is 1200. The van der Waals surface area contributed by atoms with E-state index in [1.54, 1.807) is 38.5 Å². The molecule has 1 N–H and O–H groups in total. The summed E-state index contributed by atoms with van der Waals surface area (Å²) in [6.45, 7) is 0.488. The molecule has 1 atom stereocenters. The number of amides is 2. The Labute approximate surface area is 210 Å². The number of thiocarbonyl (C=S) groups is 1. The maximum Gasteiger partial charge on any atom is 0.256 e. The number of nitrogens with one attached hydrogen (secondary N) is 1. The highest BCUT2D eigenvalue weighted by molar-refractivity contribution is 7.80. The van der Waals surface area contributed by atoms with Crippen LogP contribution in [0.25, 0.3) is 0 Å². The highest BCUT2D eigenvalue weighted by atomic mass is 32.1. The number of hydrogen-bond donors (Lipinski definition) is 1. The van der Waals surface area contributed by atoms with Crippen molar-refractivity contribution >= 4 is 40.5 Å². The molecule has 1 fully saturated rings. The van der Waals surface area contributed by atoms with Crippen LogP contribution in [0.2, 0.25) is 0 Å². The highest BCUT2D eigenvalue weighted by Gasteiger charge is 2.43. The van der Waals surface area contributed by atoms with Gasteiger partial charge in [0.25, 0.3) is 5.91 Å². The number of carbonyl (C=O) groups is 2. The van der Waals surface area contributed by atoms with E-state index in [0.29, 0.717) is 35.2 Å². The number of hydrogen-bond acceptors (Lipinski definition) is 5. The second-order valence-electron chi connectivity index (χ2n) is 8.08. The second kappa shape index (κ2) is 11.0. The fraction of sp³-hybridized carbons (Fsp3) is 0.222. The third kappa shape index (κ3) is 5.60. The highest BCUT2D eigenvalue weighted by Crippen LogP contribution is 2.28. The number of para-hydroxylation sites is 1. The van der Waals surface area contributed by atoms with Gasteiger partial charge in [-0.1, -0.05) is 30.3 Å². The Kier molecular flexibility index (Phi) is 7.62. The van der Waals surface area contributed by atoms with E-state index in [0.717, 1.165) is 11.3 Å². The van der Waals surface area contributed by atoms with Gasteiger partial charge in [-0.25, -0.2) is 0 Å². The Hall–Kier alpha value is -3.91. The van der Waals surface area contributed by atoms with Crippen LogP contribution < -0.4 is 19.7 Å². The van der Waals surface area contributed by atoms with Crippen molar-refractivity contribution in [1.82, 2.24) is 4.90 Å². The number of rotatable bonds is 9. The average molecular weight is 490 g/mol. The van der Waals surface area contributed by atoms with E-state index in [2.05, 4.69) is 5.32 Å². The van der Waals surface area contributed by atoms with Gasteiger partial charge in [-0.2, -0.15) is 0 Å². The molecule has 1 aliphatic heterocycles. The number of methoxy groups -OCH3 is 2. The van der Waals surface area contributed by atoms with Crippen LogP contribution in [0.1, 0.15) is 12.0 Å². The molecule has 1 heterocycles. The van der Waals surface area contributed by atoms with Crippen LogP contribution in [0.5, 0.6) is 11.5 Å². The first kappa shape index (κ1) is 24.2. The molecule has 1 aliphatic rings. The zero-order chi connectivity index (χ0) is 24.8. The largest absolute Gasteiger partial charge is 0.497 e. The fourth-order valence-electron chi connectivity index (χ4n) is 4.04. The number of carbonyl (C=O) groups excluding carboxylic acids is 2. The van der Waals surface area contributed by atoms with Gasteiger partial charge in [-0.3, -0.25) is 14.5 Å². The maximum atomic E-state index is 13.5. The van der Waals surface area contributed by atoms with E-state index in [-0.39, 0.29) is 18.2 Å². The number of anilines is 2. The molecular formula is C27H27N3O4S. The second-order valence-corrected chi connectivity index (χ2v) is 8.45. The van der Waals surface area contributed by atoms with E-state index in [9.17, 15) is 9.59 Å². The van der Waals surface area contributed by atoms with E-state index >= 15 is 0 Å². The lowest BCUT2D eigenvalue weighted by molar-refractivity contribution is -0.124. The van der Waals surface area contributed by atoms with Gasteiger partial charge in [-0.15, -0.1) is 0 Å². The van der Waals surface area contributed by atoms with Gasteiger partial charge in [0.05, 0.1) is 26.3 Å². The van der Waals surface area contributed by atoms with E-state index in [1.165, 1.54) is 4.90 Å². The van der Waals surface area contributed by atoms with Crippen molar-refractivity contribution in [2.75, 3.05) is 31.0 Å². The summed E-state index contributed by atoms with van der Waals surface area (Å²) >= 11 is 5.73. The molecule has 0 aromatic heterocycles. The molecule has 2 amide bonds. The monoisotopic (exact) mass is 489 g/mol. The lowest BCUT2D eigenvalue weighted by Crippen LogP contribution is -2.39. The number of nitrogens with zero attached hydrogens (tertiary/aromatic N) is 2. The van der Waals surface area contributed by atoms with Crippen LogP contribution in [-0.2, 0) is 16.0 Å². The van der Waals surface area contributed by atoms with Gasteiger partial charge in [0.1, 0.15) is 17.5 Å². The third-order valence-corrected chi connectivity index (χ3v) is 6.28. The lowest BCUT2D eigenvalue weighted by atomic mass is 10.1. The van der Waals surface area contributed by atoms with E-state index < -0.39 is 6.04 Å². The van der Waals surface area contributed by atoms with Crippen molar-refractivity contribution in [3.63, 3.8) is 0 Å². The molecule has 3 aromatic rings. The molecule has 1 unspecified atom stereocenters. The zero-order valence-electron chi connectivity index (χ0n) is 19.6. The molecule has 180 valence electrons. The molecule has 0 bridgehead atoms. The van der Waals surface area contributed by atoms with Gasteiger partial charge in [0.15, 0.2) is 5.11 Å². The van der Waals surface area contributed by atoms with E-state index in [4.69, 9.17) is 21.7 Å². The topological polar surface area (TPSA) is 71.1 Å². The molecule has 7 nitrogen and oxygen atoms in total.